The van der Waals surface area contributed by atoms with Gasteiger partial charge in [0, 0.05) is 18.2 Å². The highest BCUT2D eigenvalue weighted by atomic mass is 15.2. The van der Waals surface area contributed by atoms with E-state index in [2.05, 4.69) is 24.0 Å². The Morgan fingerprint density at radius 2 is 1.88 bits per heavy atom. The van der Waals surface area contributed by atoms with E-state index in [1.54, 1.807) is 0 Å². The van der Waals surface area contributed by atoms with Gasteiger partial charge in [0.05, 0.1) is 0 Å². The number of para-hydroxylation sites is 1. The summed E-state index contributed by atoms with van der Waals surface area (Å²) in [7, 11) is 0. The number of hydrogen-bond acceptors (Lipinski definition) is 1. The van der Waals surface area contributed by atoms with Crippen molar-refractivity contribution in [1.82, 2.24) is 0 Å². The van der Waals surface area contributed by atoms with E-state index < -0.39 is 0 Å². The minimum Gasteiger partial charge on any atom is -0.330 e. The molecular weight excluding hydrogens is 196 g/mol. The Kier molecular flexibility index (Phi) is 3.60. The molecule has 1 fully saturated rings. The molecule has 1 saturated carbocycles. The van der Waals surface area contributed by atoms with Crippen molar-refractivity contribution in [1.29, 1.82) is 5.41 Å². The number of nitrogens with one attached hydrogen (secondary N) is 1. The predicted molar refractivity (Wildman–Crippen MR) is 69.1 cm³/mol. The molecule has 1 aromatic carbocycles. The van der Waals surface area contributed by atoms with Gasteiger partial charge in [0.25, 0.3) is 0 Å². The number of amidine groups is 1. The van der Waals surface area contributed by atoms with E-state index in [1.807, 2.05) is 18.2 Å². The first-order chi connectivity index (χ1) is 7.83. The third-order valence-electron chi connectivity index (χ3n) is 3.42. The largest absolute Gasteiger partial charge is 0.330 e. The fraction of sp³-hybridized carbons (Fsp3) is 0.500. The molecule has 0 radical (unpaired) electrons. The van der Waals surface area contributed by atoms with Crippen molar-refractivity contribution >= 4 is 11.5 Å². The van der Waals surface area contributed by atoms with Crippen LogP contribution in [-0.2, 0) is 0 Å². The van der Waals surface area contributed by atoms with Gasteiger partial charge in [-0.25, -0.2) is 0 Å². The van der Waals surface area contributed by atoms with Crippen LogP contribution < -0.4 is 4.90 Å². The average molecular weight is 216 g/mol. The number of rotatable bonds is 3. The third kappa shape index (κ3) is 2.26. The van der Waals surface area contributed by atoms with Gasteiger partial charge in [0.15, 0.2) is 0 Å². The molecule has 1 aliphatic rings. The smallest absolute Gasteiger partial charge is 0.103 e. The van der Waals surface area contributed by atoms with E-state index in [4.69, 9.17) is 5.41 Å². The molecule has 0 bridgehead atoms. The van der Waals surface area contributed by atoms with Crippen LogP contribution in [0.3, 0.4) is 0 Å². The summed E-state index contributed by atoms with van der Waals surface area (Å²) in [5.41, 5.74) is 1.15. The predicted octanol–water partition coefficient (Wildman–Crippen LogP) is 3.68. The fourth-order valence-electron chi connectivity index (χ4n) is 2.52. The molecule has 1 N–H and O–H groups in total. The molecule has 0 aliphatic heterocycles. The van der Waals surface area contributed by atoms with E-state index in [9.17, 15) is 0 Å². The molecule has 16 heavy (non-hydrogen) atoms. The van der Waals surface area contributed by atoms with Crippen LogP contribution in [0, 0.1) is 11.3 Å². The lowest BCUT2D eigenvalue weighted by molar-refractivity contribution is 0.704. The third-order valence-corrected chi connectivity index (χ3v) is 3.42. The zero-order valence-corrected chi connectivity index (χ0v) is 9.95. The summed E-state index contributed by atoms with van der Waals surface area (Å²) < 4.78 is 0. The number of anilines is 1. The van der Waals surface area contributed by atoms with Crippen LogP contribution >= 0.6 is 0 Å². The van der Waals surface area contributed by atoms with Gasteiger partial charge >= 0.3 is 0 Å². The van der Waals surface area contributed by atoms with Crippen molar-refractivity contribution in [2.24, 2.45) is 5.92 Å². The first-order valence-corrected chi connectivity index (χ1v) is 6.24. The molecule has 0 heterocycles. The minimum absolute atomic E-state index is 0.486. The van der Waals surface area contributed by atoms with Crippen molar-refractivity contribution in [3.63, 3.8) is 0 Å². The number of hydrogen-bond donors (Lipinski definition) is 1. The van der Waals surface area contributed by atoms with Crippen molar-refractivity contribution in [2.45, 2.75) is 32.6 Å². The first-order valence-electron chi connectivity index (χ1n) is 6.24. The van der Waals surface area contributed by atoms with Gasteiger partial charge in [-0.05, 0) is 31.9 Å². The highest BCUT2D eigenvalue weighted by molar-refractivity contribution is 5.97. The molecule has 2 nitrogen and oxygen atoms in total. The lowest BCUT2D eigenvalue weighted by Gasteiger charge is -2.27. The highest BCUT2D eigenvalue weighted by Gasteiger charge is 2.23. The van der Waals surface area contributed by atoms with E-state index >= 15 is 0 Å². The Balaban J connectivity index is 2.13. The van der Waals surface area contributed by atoms with Crippen molar-refractivity contribution in [3.05, 3.63) is 30.3 Å². The Labute approximate surface area is 97.8 Å². The van der Waals surface area contributed by atoms with Gasteiger partial charge in [-0.1, -0.05) is 31.0 Å². The Morgan fingerprint density at radius 1 is 1.25 bits per heavy atom. The van der Waals surface area contributed by atoms with E-state index in [-0.39, 0.29) is 0 Å². The van der Waals surface area contributed by atoms with Gasteiger partial charge in [-0.2, -0.15) is 0 Å². The van der Waals surface area contributed by atoms with E-state index in [1.165, 1.54) is 25.7 Å². The van der Waals surface area contributed by atoms with Crippen LogP contribution in [0.2, 0.25) is 0 Å². The molecule has 2 heteroatoms. The molecule has 0 unspecified atom stereocenters. The Morgan fingerprint density at radius 3 is 2.44 bits per heavy atom. The minimum atomic E-state index is 0.486. The normalized spacial score (nSPS) is 16.3. The summed E-state index contributed by atoms with van der Waals surface area (Å²) >= 11 is 0. The molecule has 0 spiro atoms. The van der Waals surface area contributed by atoms with Crippen LogP contribution in [-0.4, -0.2) is 12.4 Å². The average Bonchev–Trinajstić information content (AvgIpc) is 2.85. The molecule has 0 aromatic heterocycles. The lowest BCUT2D eigenvalue weighted by atomic mass is 10.1. The Bertz CT molecular complexity index is 339. The van der Waals surface area contributed by atoms with Crippen LogP contribution in [0.25, 0.3) is 0 Å². The van der Waals surface area contributed by atoms with E-state index in [0.717, 1.165) is 18.1 Å². The molecule has 0 amide bonds. The molecule has 1 aliphatic carbocycles. The van der Waals surface area contributed by atoms with Crippen molar-refractivity contribution in [2.75, 3.05) is 11.4 Å². The molecule has 2 rings (SSSR count). The summed E-state index contributed by atoms with van der Waals surface area (Å²) in [5.74, 6) is 1.30. The maximum atomic E-state index is 8.31. The second-order valence-corrected chi connectivity index (χ2v) is 4.45. The van der Waals surface area contributed by atoms with Crippen LogP contribution in [0.15, 0.2) is 30.3 Å². The second kappa shape index (κ2) is 5.15. The molecule has 86 valence electrons. The number of benzene rings is 1. The quantitative estimate of drug-likeness (QED) is 0.605. The van der Waals surface area contributed by atoms with Crippen molar-refractivity contribution in [3.8, 4) is 0 Å². The van der Waals surface area contributed by atoms with E-state index in [0.29, 0.717) is 5.92 Å². The molecular formula is C14H20N2. The molecule has 0 atom stereocenters. The van der Waals surface area contributed by atoms with Gasteiger partial charge in [0.1, 0.15) is 5.84 Å². The summed E-state index contributed by atoms with van der Waals surface area (Å²) in [6, 6.07) is 10.3. The molecule has 1 aromatic rings. The summed E-state index contributed by atoms with van der Waals surface area (Å²) in [6.07, 6.45) is 4.98. The standard InChI is InChI=1S/C14H20N2/c1-2-16(13-10-4-3-5-11-13)14(15)12-8-6-7-9-12/h3-5,10-12,15H,2,6-9H2,1H3. The van der Waals surface area contributed by atoms with Crippen molar-refractivity contribution < 1.29 is 0 Å². The van der Waals surface area contributed by atoms with Crippen LogP contribution in [0.5, 0.6) is 0 Å². The zero-order valence-electron chi connectivity index (χ0n) is 9.95. The van der Waals surface area contributed by atoms with Gasteiger partial charge < -0.3 is 4.90 Å². The number of nitrogens with zero attached hydrogens (tertiary/aromatic N) is 1. The zero-order chi connectivity index (χ0) is 11.4. The maximum absolute atomic E-state index is 8.31. The van der Waals surface area contributed by atoms with Gasteiger partial charge in [0.2, 0.25) is 0 Å². The lowest BCUT2D eigenvalue weighted by Crippen LogP contribution is -2.34. The first kappa shape index (κ1) is 11.2. The van der Waals surface area contributed by atoms with Crippen LogP contribution in [0.4, 0.5) is 5.69 Å². The fourth-order valence-corrected chi connectivity index (χ4v) is 2.52. The maximum Gasteiger partial charge on any atom is 0.103 e. The molecule has 0 saturated heterocycles. The van der Waals surface area contributed by atoms with Crippen LogP contribution in [0.1, 0.15) is 32.6 Å². The van der Waals surface area contributed by atoms with Gasteiger partial charge in [-0.3, -0.25) is 5.41 Å². The second-order valence-electron chi connectivity index (χ2n) is 4.45. The summed E-state index contributed by atoms with van der Waals surface area (Å²) in [4.78, 5) is 2.13. The highest BCUT2D eigenvalue weighted by Crippen LogP contribution is 2.28. The summed E-state index contributed by atoms with van der Waals surface area (Å²) in [5, 5.41) is 8.31. The summed E-state index contributed by atoms with van der Waals surface area (Å²) in [6.45, 7) is 3.01. The SMILES string of the molecule is CCN(C(=N)C1CCCC1)c1ccccc1. The Hall–Kier alpha value is -1.31. The van der Waals surface area contributed by atoms with Gasteiger partial charge in [-0.15, -0.1) is 0 Å². The monoisotopic (exact) mass is 216 g/mol. The topological polar surface area (TPSA) is 27.1 Å².